The molecule has 0 unspecified atom stereocenters. The second-order valence-electron chi connectivity index (χ2n) is 9.19. The van der Waals surface area contributed by atoms with Gasteiger partial charge in [-0.2, -0.15) is 0 Å². The SMILES string of the molecule is CN(Cc1cccc(-c2cnc(N3CCC(CCN4CCCC4)CC3)nc2)c1)C(=O)CN. The number of hydrogen-bond acceptors (Lipinski definition) is 6. The molecule has 0 saturated carbocycles. The van der Waals surface area contributed by atoms with Crippen molar-refractivity contribution in [3.05, 3.63) is 42.2 Å². The highest BCUT2D eigenvalue weighted by Gasteiger charge is 2.22. The predicted molar refractivity (Wildman–Crippen MR) is 128 cm³/mol. The minimum Gasteiger partial charge on any atom is -0.341 e. The van der Waals surface area contributed by atoms with Gasteiger partial charge in [-0.05, 0) is 74.8 Å². The molecule has 0 radical (unpaired) electrons. The van der Waals surface area contributed by atoms with E-state index in [1.165, 1.54) is 51.7 Å². The number of hydrogen-bond donors (Lipinski definition) is 1. The molecule has 2 saturated heterocycles. The molecule has 32 heavy (non-hydrogen) atoms. The van der Waals surface area contributed by atoms with Gasteiger partial charge in [0.2, 0.25) is 11.9 Å². The minimum absolute atomic E-state index is 0.0290. The zero-order valence-electron chi connectivity index (χ0n) is 19.2. The Labute approximate surface area is 191 Å². The largest absolute Gasteiger partial charge is 0.341 e. The molecule has 2 aromatic rings. The Kier molecular flexibility index (Phi) is 7.71. The van der Waals surface area contributed by atoms with Gasteiger partial charge in [0.05, 0.1) is 6.54 Å². The van der Waals surface area contributed by atoms with E-state index in [0.717, 1.165) is 41.6 Å². The molecule has 3 heterocycles. The minimum atomic E-state index is -0.0668. The summed E-state index contributed by atoms with van der Waals surface area (Å²) in [7, 11) is 1.77. The average molecular weight is 437 g/mol. The van der Waals surface area contributed by atoms with Crippen molar-refractivity contribution < 1.29 is 4.79 Å². The summed E-state index contributed by atoms with van der Waals surface area (Å²) in [5.74, 6) is 1.59. The van der Waals surface area contributed by atoms with Crippen LogP contribution in [0.5, 0.6) is 0 Å². The van der Waals surface area contributed by atoms with Crippen LogP contribution in [0.15, 0.2) is 36.7 Å². The van der Waals surface area contributed by atoms with Crippen molar-refractivity contribution >= 4 is 11.9 Å². The molecule has 0 bridgehead atoms. The van der Waals surface area contributed by atoms with Crippen LogP contribution in [-0.4, -0.2) is 72.0 Å². The highest BCUT2D eigenvalue weighted by molar-refractivity contribution is 5.77. The van der Waals surface area contributed by atoms with Crippen molar-refractivity contribution in [2.45, 2.75) is 38.6 Å². The van der Waals surface area contributed by atoms with Gasteiger partial charge in [0, 0.05) is 44.6 Å². The molecule has 4 rings (SSSR count). The summed E-state index contributed by atoms with van der Waals surface area (Å²) in [4.78, 5) is 27.7. The van der Waals surface area contributed by atoms with E-state index in [0.29, 0.717) is 6.54 Å². The van der Waals surface area contributed by atoms with Gasteiger partial charge >= 0.3 is 0 Å². The first kappa shape index (κ1) is 22.7. The van der Waals surface area contributed by atoms with Crippen molar-refractivity contribution in [1.82, 2.24) is 19.8 Å². The molecule has 2 N–H and O–H groups in total. The molecular weight excluding hydrogens is 400 g/mol. The van der Waals surface area contributed by atoms with Crippen molar-refractivity contribution in [2.24, 2.45) is 11.7 Å². The summed E-state index contributed by atoms with van der Waals surface area (Å²) >= 11 is 0. The Morgan fingerprint density at radius 1 is 1.09 bits per heavy atom. The van der Waals surface area contributed by atoms with Gasteiger partial charge in [0.25, 0.3) is 0 Å². The lowest BCUT2D eigenvalue weighted by molar-refractivity contribution is -0.128. The number of benzene rings is 1. The van der Waals surface area contributed by atoms with Crippen LogP contribution >= 0.6 is 0 Å². The van der Waals surface area contributed by atoms with Gasteiger partial charge in [0.15, 0.2) is 0 Å². The molecule has 1 aromatic heterocycles. The fourth-order valence-corrected chi connectivity index (χ4v) is 4.79. The van der Waals surface area contributed by atoms with Crippen molar-refractivity contribution in [1.29, 1.82) is 0 Å². The molecular formula is C25H36N6O. The summed E-state index contributed by atoms with van der Waals surface area (Å²) in [5.41, 5.74) is 8.57. The van der Waals surface area contributed by atoms with E-state index in [1.54, 1.807) is 11.9 Å². The number of piperidine rings is 1. The molecule has 0 aliphatic carbocycles. The zero-order valence-corrected chi connectivity index (χ0v) is 19.2. The molecule has 0 spiro atoms. The molecule has 2 aliphatic heterocycles. The van der Waals surface area contributed by atoms with Gasteiger partial charge in [0.1, 0.15) is 0 Å². The Morgan fingerprint density at radius 3 is 2.50 bits per heavy atom. The molecule has 1 aromatic carbocycles. The zero-order chi connectivity index (χ0) is 22.3. The molecule has 7 heteroatoms. The summed E-state index contributed by atoms with van der Waals surface area (Å²) in [6.45, 7) is 6.51. The van der Waals surface area contributed by atoms with Crippen LogP contribution < -0.4 is 10.6 Å². The van der Waals surface area contributed by atoms with E-state index in [-0.39, 0.29) is 12.5 Å². The highest BCUT2D eigenvalue weighted by atomic mass is 16.2. The summed E-state index contributed by atoms with van der Waals surface area (Å²) in [5, 5.41) is 0. The van der Waals surface area contributed by atoms with Gasteiger partial charge in [-0.3, -0.25) is 4.79 Å². The van der Waals surface area contributed by atoms with E-state index < -0.39 is 0 Å². The molecule has 7 nitrogen and oxygen atoms in total. The predicted octanol–water partition coefficient (Wildman–Crippen LogP) is 2.76. The van der Waals surface area contributed by atoms with E-state index in [2.05, 4.69) is 31.9 Å². The van der Waals surface area contributed by atoms with E-state index >= 15 is 0 Å². The Morgan fingerprint density at radius 2 is 1.81 bits per heavy atom. The first-order valence-electron chi connectivity index (χ1n) is 11.9. The number of carbonyl (C=O) groups excluding carboxylic acids is 1. The average Bonchev–Trinajstić information content (AvgIpc) is 3.36. The third-order valence-corrected chi connectivity index (χ3v) is 6.87. The number of likely N-dealkylation sites (N-methyl/N-ethyl adjacent to an activating group) is 1. The number of aromatic nitrogens is 2. The van der Waals surface area contributed by atoms with E-state index in [1.807, 2.05) is 24.5 Å². The fourth-order valence-electron chi connectivity index (χ4n) is 4.79. The lowest BCUT2D eigenvalue weighted by Crippen LogP contribution is -2.36. The molecule has 0 atom stereocenters. The van der Waals surface area contributed by atoms with Crippen LogP contribution in [0.25, 0.3) is 11.1 Å². The normalized spacial score (nSPS) is 17.6. The maximum atomic E-state index is 11.7. The van der Waals surface area contributed by atoms with Crippen molar-refractivity contribution in [3.63, 3.8) is 0 Å². The van der Waals surface area contributed by atoms with E-state index in [4.69, 9.17) is 5.73 Å². The van der Waals surface area contributed by atoms with Crippen molar-refractivity contribution in [2.75, 3.05) is 51.2 Å². The van der Waals surface area contributed by atoms with Gasteiger partial charge in [-0.15, -0.1) is 0 Å². The topological polar surface area (TPSA) is 78.6 Å². The fraction of sp³-hybridized carbons (Fsp3) is 0.560. The first-order valence-corrected chi connectivity index (χ1v) is 11.9. The van der Waals surface area contributed by atoms with Crippen LogP contribution in [-0.2, 0) is 11.3 Å². The van der Waals surface area contributed by atoms with Gasteiger partial charge in [-0.25, -0.2) is 9.97 Å². The second-order valence-corrected chi connectivity index (χ2v) is 9.19. The lowest BCUT2D eigenvalue weighted by Gasteiger charge is -2.32. The van der Waals surface area contributed by atoms with Crippen LogP contribution in [0, 0.1) is 5.92 Å². The van der Waals surface area contributed by atoms with E-state index in [9.17, 15) is 4.79 Å². The van der Waals surface area contributed by atoms with Crippen LogP contribution in [0.3, 0.4) is 0 Å². The Hall–Kier alpha value is -2.51. The number of nitrogens with two attached hydrogens (primary N) is 1. The maximum Gasteiger partial charge on any atom is 0.236 e. The quantitative estimate of drug-likeness (QED) is 0.686. The van der Waals surface area contributed by atoms with Crippen LogP contribution in [0.2, 0.25) is 0 Å². The maximum absolute atomic E-state index is 11.7. The smallest absolute Gasteiger partial charge is 0.236 e. The Bertz CT molecular complexity index is 872. The Balaban J connectivity index is 1.30. The highest BCUT2D eigenvalue weighted by Crippen LogP contribution is 2.25. The van der Waals surface area contributed by atoms with Gasteiger partial charge < -0.3 is 20.4 Å². The van der Waals surface area contributed by atoms with Crippen LogP contribution in [0.4, 0.5) is 5.95 Å². The third-order valence-electron chi connectivity index (χ3n) is 6.87. The number of carbonyl (C=O) groups is 1. The van der Waals surface area contributed by atoms with Gasteiger partial charge in [-0.1, -0.05) is 18.2 Å². The number of nitrogens with zero attached hydrogens (tertiary/aromatic N) is 5. The number of amides is 1. The third kappa shape index (κ3) is 5.84. The van der Waals surface area contributed by atoms with Crippen molar-refractivity contribution in [3.8, 4) is 11.1 Å². The summed E-state index contributed by atoms with van der Waals surface area (Å²) in [6, 6.07) is 8.17. The number of likely N-dealkylation sites (tertiary alicyclic amines) is 1. The number of anilines is 1. The summed E-state index contributed by atoms with van der Waals surface area (Å²) in [6.07, 6.45) is 10.4. The molecule has 1 amide bonds. The monoisotopic (exact) mass is 436 g/mol. The van der Waals surface area contributed by atoms with Crippen LogP contribution in [0.1, 0.15) is 37.7 Å². The number of rotatable bonds is 8. The molecule has 2 fully saturated rings. The standard InChI is InChI=1S/C25H36N6O/c1-29(24(32)16-26)19-21-5-4-6-22(15-21)23-17-27-25(28-18-23)31-13-8-20(9-14-31)7-12-30-10-2-3-11-30/h4-6,15,17-18,20H,2-3,7-14,16,19,26H2,1H3. The first-order chi connectivity index (χ1) is 15.6. The molecule has 172 valence electrons. The molecule has 2 aliphatic rings. The summed E-state index contributed by atoms with van der Waals surface area (Å²) < 4.78 is 0. The second kappa shape index (κ2) is 10.9. The lowest BCUT2D eigenvalue weighted by atomic mass is 9.93.